The Morgan fingerprint density at radius 2 is 2.40 bits per heavy atom. The number of rotatable bonds is 4. The highest BCUT2D eigenvalue weighted by atomic mass is 35.5. The van der Waals surface area contributed by atoms with E-state index in [0.717, 1.165) is 18.9 Å². The lowest BCUT2D eigenvalue weighted by molar-refractivity contribution is -0.146. The minimum Gasteiger partial charge on any atom is -0.369 e. The van der Waals surface area contributed by atoms with Gasteiger partial charge in [-0.1, -0.05) is 0 Å². The molecule has 0 bridgehead atoms. The molecule has 0 radical (unpaired) electrons. The smallest absolute Gasteiger partial charge is 0.252 e. The van der Waals surface area contributed by atoms with Crippen LogP contribution in [0.4, 0.5) is 0 Å². The highest BCUT2D eigenvalue weighted by molar-refractivity contribution is 5.85. The van der Waals surface area contributed by atoms with Crippen LogP contribution < -0.4 is 5.32 Å². The molecule has 1 aromatic rings. The van der Waals surface area contributed by atoms with Crippen molar-refractivity contribution in [2.45, 2.75) is 26.0 Å². The summed E-state index contributed by atoms with van der Waals surface area (Å²) in [5, 5.41) is 3.32. The van der Waals surface area contributed by atoms with E-state index in [1.807, 2.05) is 36.6 Å². The number of amides is 1. The fraction of sp³-hybridized carbons (Fsp3) is 0.692. The summed E-state index contributed by atoms with van der Waals surface area (Å²) in [6.07, 6.45) is 3.27. The number of carbonyl (C=O) groups excluding carboxylic acids is 1. The van der Waals surface area contributed by atoms with Crippen molar-refractivity contribution in [2.75, 3.05) is 26.2 Å². The van der Waals surface area contributed by atoms with E-state index < -0.39 is 6.10 Å². The quantitative estimate of drug-likeness (QED) is 0.891. The zero-order chi connectivity index (χ0) is 13.8. The number of carbonyl (C=O) groups is 1. The molecule has 2 heterocycles. The van der Waals surface area contributed by atoms with Gasteiger partial charge in [-0.05, 0) is 13.8 Å². The van der Waals surface area contributed by atoms with Gasteiger partial charge in [-0.25, -0.2) is 4.98 Å². The molecule has 7 heteroatoms. The van der Waals surface area contributed by atoms with E-state index in [1.165, 1.54) is 0 Å². The molecule has 1 N–H and O–H groups in total. The van der Waals surface area contributed by atoms with Crippen molar-refractivity contribution < 1.29 is 9.53 Å². The monoisotopic (exact) mass is 302 g/mol. The Labute approximate surface area is 125 Å². The average Bonchev–Trinajstić information content (AvgIpc) is 2.84. The van der Waals surface area contributed by atoms with Gasteiger partial charge in [0.25, 0.3) is 5.91 Å². The second kappa shape index (κ2) is 7.61. The zero-order valence-electron chi connectivity index (χ0n) is 12.2. The van der Waals surface area contributed by atoms with Crippen LogP contribution in [0.2, 0.25) is 0 Å². The summed E-state index contributed by atoms with van der Waals surface area (Å²) in [6, 6.07) is -0.0239. The second-order valence-electron chi connectivity index (χ2n) is 4.75. The van der Waals surface area contributed by atoms with Crippen molar-refractivity contribution in [3.05, 3.63) is 18.2 Å². The molecule has 1 saturated heterocycles. The molecule has 6 nitrogen and oxygen atoms in total. The van der Waals surface area contributed by atoms with Gasteiger partial charge in [0.15, 0.2) is 0 Å². The lowest BCUT2D eigenvalue weighted by Crippen LogP contribution is -2.52. The van der Waals surface area contributed by atoms with Crippen molar-refractivity contribution in [3.63, 3.8) is 0 Å². The molecule has 2 atom stereocenters. The van der Waals surface area contributed by atoms with E-state index in [9.17, 15) is 4.79 Å². The summed E-state index contributed by atoms with van der Waals surface area (Å²) in [6.45, 7) is 6.49. The number of aryl methyl sites for hydroxylation is 1. The SMILES string of the molecule is CCOC(C)C(=O)N1CCNCC1c1nccn1C.Cl. The van der Waals surface area contributed by atoms with E-state index in [1.54, 1.807) is 6.20 Å². The van der Waals surface area contributed by atoms with Gasteiger partial charge < -0.3 is 19.5 Å². The van der Waals surface area contributed by atoms with E-state index in [2.05, 4.69) is 10.3 Å². The molecule has 1 amide bonds. The van der Waals surface area contributed by atoms with Gasteiger partial charge in [0.2, 0.25) is 0 Å². The summed E-state index contributed by atoms with van der Waals surface area (Å²) in [4.78, 5) is 18.7. The Balaban J connectivity index is 0.00000200. The van der Waals surface area contributed by atoms with Crippen LogP contribution in [0.25, 0.3) is 0 Å². The van der Waals surface area contributed by atoms with E-state index in [4.69, 9.17) is 4.74 Å². The van der Waals surface area contributed by atoms with Crippen molar-refractivity contribution in [1.82, 2.24) is 19.8 Å². The number of piperazine rings is 1. The maximum atomic E-state index is 12.4. The van der Waals surface area contributed by atoms with Crippen molar-refractivity contribution in [2.24, 2.45) is 7.05 Å². The molecule has 2 rings (SSSR count). The number of ether oxygens (including phenoxy) is 1. The van der Waals surface area contributed by atoms with E-state index in [0.29, 0.717) is 13.2 Å². The van der Waals surface area contributed by atoms with Gasteiger partial charge in [0, 0.05) is 45.7 Å². The summed E-state index contributed by atoms with van der Waals surface area (Å²) < 4.78 is 7.38. The first-order valence-electron chi connectivity index (χ1n) is 6.75. The second-order valence-corrected chi connectivity index (χ2v) is 4.75. The van der Waals surface area contributed by atoms with Crippen LogP contribution in [0.3, 0.4) is 0 Å². The molecule has 20 heavy (non-hydrogen) atoms. The van der Waals surface area contributed by atoms with Gasteiger partial charge in [-0.15, -0.1) is 12.4 Å². The minimum absolute atomic E-state index is 0. The molecule has 2 unspecified atom stereocenters. The number of aromatic nitrogens is 2. The number of halogens is 1. The van der Waals surface area contributed by atoms with Crippen molar-refractivity contribution in [3.8, 4) is 0 Å². The highest BCUT2D eigenvalue weighted by Crippen LogP contribution is 2.21. The number of nitrogens with one attached hydrogen (secondary N) is 1. The topological polar surface area (TPSA) is 59.4 Å². The number of nitrogens with zero attached hydrogens (tertiary/aromatic N) is 3. The molecule has 0 saturated carbocycles. The standard InChI is InChI=1S/C13H22N4O2.ClH/c1-4-19-10(2)13(18)17-8-5-14-9-11(17)12-15-6-7-16(12)3;/h6-7,10-11,14H,4-5,8-9H2,1-3H3;1H. The van der Waals surface area contributed by atoms with Crippen LogP contribution in [0.1, 0.15) is 25.7 Å². The first-order valence-corrected chi connectivity index (χ1v) is 6.75. The number of imidazole rings is 1. The minimum atomic E-state index is -0.397. The Morgan fingerprint density at radius 3 is 3.00 bits per heavy atom. The first-order chi connectivity index (χ1) is 9.15. The number of hydrogen-bond donors (Lipinski definition) is 1. The van der Waals surface area contributed by atoms with Crippen molar-refractivity contribution >= 4 is 18.3 Å². The fourth-order valence-electron chi connectivity index (χ4n) is 2.45. The lowest BCUT2D eigenvalue weighted by atomic mass is 10.1. The van der Waals surface area contributed by atoms with Crippen LogP contribution in [0.15, 0.2) is 12.4 Å². The predicted octanol–water partition coefficient (Wildman–Crippen LogP) is 0.740. The molecule has 1 aromatic heterocycles. The average molecular weight is 303 g/mol. The summed E-state index contributed by atoms with van der Waals surface area (Å²) >= 11 is 0. The highest BCUT2D eigenvalue weighted by Gasteiger charge is 2.32. The van der Waals surface area contributed by atoms with Crippen molar-refractivity contribution in [1.29, 1.82) is 0 Å². The van der Waals surface area contributed by atoms with Crippen LogP contribution in [0, 0.1) is 0 Å². The van der Waals surface area contributed by atoms with Crippen LogP contribution >= 0.6 is 12.4 Å². The maximum absolute atomic E-state index is 12.4. The van der Waals surface area contributed by atoms with Gasteiger partial charge in [-0.2, -0.15) is 0 Å². The molecule has 0 aromatic carbocycles. The van der Waals surface area contributed by atoms with Crippen LogP contribution in [-0.2, 0) is 16.6 Å². The zero-order valence-corrected chi connectivity index (χ0v) is 13.0. The molecule has 0 aliphatic carbocycles. The molecule has 1 aliphatic rings. The Bertz CT molecular complexity index is 438. The fourth-order valence-corrected chi connectivity index (χ4v) is 2.45. The molecule has 1 aliphatic heterocycles. The third-order valence-electron chi connectivity index (χ3n) is 3.45. The van der Waals surface area contributed by atoms with Gasteiger partial charge >= 0.3 is 0 Å². The molecule has 0 spiro atoms. The van der Waals surface area contributed by atoms with E-state index >= 15 is 0 Å². The molecule has 114 valence electrons. The van der Waals surface area contributed by atoms with Gasteiger partial charge in [0.05, 0.1) is 0 Å². The lowest BCUT2D eigenvalue weighted by Gasteiger charge is -2.37. The summed E-state index contributed by atoms with van der Waals surface area (Å²) in [5.41, 5.74) is 0. The van der Waals surface area contributed by atoms with Crippen LogP contribution in [-0.4, -0.2) is 52.7 Å². The Hall–Kier alpha value is -1.11. The predicted molar refractivity (Wildman–Crippen MR) is 78.9 cm³/mol. The third kappa shape index (κ3) is 3.50. The van der Waals surface area contributed by atoms with Gasteiger partial charge in [-0.3, -0.25) is 4.79 Å². The third-order valence-corrected chi connectivity index (χ3v) is 3.45. The maximum Gasteiger partial charge on any atom is 0.252 e. The summed E-state index contributed by atoms with van der Waals surface area (Å²) in [7, 11) is 1.95. The van der Waals surface area contributed by atoms with Crippen LogP contribution in [0.5, 0.6) is 0 Å². The number of hydrogen-bond acceptors (Lipinski definition) is 4. The molecular weight excluding hydrogens is 280 g/mol. The molecule has 1 fully saturated rings. The summed E-state index contributed by atoms with van der Waals surface area (Å²) in [5.74, 6) is 0.945. The van der Waals surface area contributed by atoms with E-state index in [-0.39, 0.29) is 24.4 Å². The normalized spacial score (nSPS) is 20.4. The van der Waals surface area contributed by atoms with Gasteiger partial charge in [0.1, 0.15) is 18.0 Å². The molecular formula is C13H23ClN4O2. The Morgan fingerprint density at radius 1 is 1.65 bits per heavy atom. The Kier molecular flexibility index (Phi) is 6.45. The largest absolute Gasteiger partial charge is 0.369 e. The first kappa shape index (κ1) is 16.9.